The number of hydrogen-bond donors (Lipinski definition) is 0. The maximum absolute atomic E-state index is 6.61. The first-order chi connectivity index (χ1) is 26.8. The Morgan fingerprint density at radius 1 is 0.370 bits per heavy atom. The van der Waals surface area contributed by atoms with Crippen LogP contribution in [0.15, 0.2) is 186 Å². The van der Waals surface area contributed by atoms with Crippen LogP contribution >= 0.6 is 0 Å². The molecule has 0 radical (unpaired) electrons. The summed E-state index contributed by atoms with van der Waals surface area (Å²) in [6.07, 6.45) is 0. The topological polar surface area (TPSA) is 56.7 Å². The lowest BCUT2D eigenvalue weighted by atomic mass is 9.96. The Balaban J connectivity index is 1.09. The standard InChI is InChI=1S/C49H30N4O/c1-4-14-32(15-5-1)47-50-48(33-16-6-2-7-17-33)52-49(51-47)35-23-26-39-44(30-35)54-43-22-12-21-38(46(39)43)34-25-27-41-40(29-34)45-37-20-11-10-13-31(37)24-28-42(45)53(41)36-18-8-3-9-19-36/h1-30H. The van der Waals surface area contributed by atoms with Crippen molar-refractivity contribution in [3.8, 4) is 51.0 Å². The zero-order chi connectivity index (χ0) is 35.6. The molecule has 0 spiro atoms. The van der Waals surface area contributed by atoms with Crippen LogP contribution in [0.4, 0.5) is 0 Å². The second-order valence-corrected chi connectivity index (χ2v) is 13.6. The summed E-state index contributed by atoms with van der Waals surface area (Å²) in [5.74, 6) is 1.85. The predicted octanol–water partition coefficient (Wildman–Crippen LogP) is 12.7. The molecular formula is C49H30N4O. The summed E-state index contributed by atoms with van der Waals surface area (Å²) in [5.41, 5.74) is 10.1. The van der Waals surface area contributed by atoms with Crippen molar-refractivity contribution in [2.45, 2.75) is 0 Å². The fourth-order valence-electron chi connectivity index (χ4n) is 7.96. The van der Waals surface area contributed by atoms with Gasteiger partial charge in [-0.05, 0) is 70.4 Å². The molecule has 11 aromatic rings. The summed E-state index contributed by atoms with van der Waals surface area (Å²) >= 11 is 0. The highest BCUT2D eigenvalue weighted by Gasteiger charge is 2.19. The number of aromatic nitrogens is 4. The average Bonchev–Trinajstić information content (AvgIpc) is 3.80. The van der Waals surface area contributed by atoms with E-state index < -0.39 is 0 Å². The minimum Gasteiger partial charge on any atom is -0.456 e. The van der Waals surface area contributed by atoms with E-state index in [1.54, 1.807) is 0 Å². The van der Waals surface area contributed by atoms with E-state index in [-0.39, 0.29) is 0 Å². The fourth-order valence-corrected chi connectivity index (χ4v) is 7.96. The van der Waals surface area contributed by atoms with E-state index in [4.69, 9.17) is 19.4 Å². The van der Waals surface area contributed by atoms with E-state index in [0.717, 1.165) is 55.4 Å². The maximum atomic E-state index is 6.61. The number of nitrogens with zero attached hydrogens (tertiary/aromatic N) is 4. The smallest absolute Gasteiger partial charge is 0.164 e. The number of para-hydroxylation sites is 1. The molecule has 11 rings (SSSR count). The molecule has 0 saturated carbocycles. The van der Waals surface area contributed by atoms with Crippen molar-refractivity contribution in [1.82, 2.24) is 19.5 Å². The lowest BCUT2D eigenvalue weighted by Gasteiger charge is -2.09. The van der Waals surface area contributed by atoms with Gasteiger partial charge in [-0.2, -0.15) is 0 Å². The third kappa shape index (κ3) is 4.83. The molecule has 0 aliphatic rings. The molecule has 0 fully saturated rings. The van der Waals surface area contributed by atoms with E-state index in [1.165, 1.54) is 32.6 Å². The molecule has 5 heteroatoms. The van der Waals surface area contributed by atoms with Crippen molar-refractivity contribution >= 4 is 54.5 Å². The first-order valence-electron chi connectivity index (χ1n) is 18.1. The number of benzene rings is 8. The quantitative estimate of drug-likeness (QED) is 0.180. The van der Waals surface area contributed by atoms with Crippen LogP contribution in [0.25, 0.3) is 105 Å². The van der Waals surface area contributed by atoms with Crippen LogP contribution in [-0.4, -0.2) is 19.5 Å². The Morgan fingerprint density at radius 2 is 1.00 bits per heavy atom. The van der Waals surface area contributed by atoms with E-state index in [0.29, 0.717) is 17.5 Å². The van der Waals surface area contributed by atoms with E-state index in [9.17, 15) is 0 Å². The normalized spacial score (nSPS) is 11.7. The first-order valence-corrected chi connectivity index (χ1v) is 18.1. The molecule has 0 saturated heterocycles. The van der Waals surface area contributed by atoms with Gasteiger partial charge in [-0.1, -0.05) is 133 Å². The van der Waals surface area contributed by atoms with Gasteiger partial charge >= 0.3 is 0 Å². The fraction of sp³-hybridized carbons (Fsp3) is 0. The van der Waals surface area contributed by atoms with Gasteiger partial charge in [0.15, 0.2) is 17.5 Å². The van der Waals surface area contributed by atoms with Crippen LogP contribution in [0.2, 0.25) is 0 Å². The van der Waals surface area contributed by atoms with Gasteiger partial charge in [-0.3, -0.25) is 0 Å². The Bertz CT molecular complexity index is 3140. The largest absolute Gasteiger partial charge is 0.456 e. The number of furan rings is 1. The Hall–Kier alpha value is -7.37. The highest BCUT2D eigenvalue weighted by molar-refractivity contribution is 6.22. The van der Waals surface area contributed by atoms with Crippen LogP contribution in [0.3, 0.4) is 0 Å². The molecule has 0 unspecified atom stereocenters. The molecule has 0 bridgehead atoms. The summed E-state index contributed by atoms with van der Waals surface area (Å²) in [4.78, 5) is 14.8. The summed E-state index contributed by atoms with van der Waals surface area (Å²) in [6, 6.07) is 63.3. The van der Waals surface area contributed by atoms with Gasteiger partial charge in [-0.25, -0.2) is 15.0 Å². The van der Waals surface area contributed by atoms with Gasteiger partial charge < -0.3 is 8.98 Å². The van der Waals surface area contributed by atoms with E-state index in [1.807, 2.05) is 60.7 Å². The van der Waals surface area contributed by atoms with Crippen molar-refractivity contribution < 1.29 is 4.42 Å². The average molecular weight is 691 g/mol. The van der Waals surface area contributed by atoms with Crippen molar-refractivity contribution in [2.24, 2.45) is 0 Å². The summed E-state index contributed by atoms with van der Waals surface area (Å²) in [5, 5.41) is 7.07. The van der Waals surface area contributed by atoms with Crippen LogP contribution in [0, 0.1) is 0 Å². The number of fused-ring (bicyclic) bond motifs is 8. The minimum absolute atomic E-state index is 0.595. The molecule has 0 aliphatic heterocycles. The van der Waals surface area contributed by atoms with Gasteiger partial charge in [-0.15, -0.1) is 0 Å². The van der Waals surface area contributed by atoms with Crippen molar-refractivity contribution in [1.29, 1.82) is 0 Å². The van der Waals surface area contributed by atoms with Crippen LogP contribution < -0.4 is 0 Å². The summed E-state index contributed by atoms with van der Waals surface area (Å²) < 4.78 is 8.99. The van der Waals surface area contributed by atoms with Gasteiger partial charge in [0.05, 0.1) is 11.0 Å². The lowest BCUT2D eigenvalue weighted by molar-refractivity contribution is 0.669. The Labute approximate surface area is 310 Å². The molecule has 3 aromatic heterocycles. The van der Waals surface area contributed by atoms with Gasteiger partial charge in [0, 0.05) is 43.9 Å². The molecule has 8 aromatic carbocycles. The van der Waals surface area contributed by atoms with Crippen molar-refractivity contribution in [3.05, 3.63) is 182 Å². The minimum atomic E-state index is 0.595. The zero-order valence-electron chi connectivity index (χ0n) is 29.0. The summed E-state index contributed by atoms with van der Waals surface area (Å²) in [6.45, 7) is 0. The van der Waals surface area contributed by atoms with Crippen LogP contribution in [-0.2, 0) is 0 Å². The zero-order valence-corrected chi connectivity index (χ0v) is 29.0. The number of hydrogen-bond acceptors (Lipinski definition) is 4. The molecule has 5 nitrogen and oxygen atoms in total. The predicted molar refractivity (Wildman–Crippen MR) is 221 cm³/mol. The molecule has 54 heavy (non-hydrogen) atoms. The monoisotopic (exact) mass is 690 g/mol. The van der Waals surface area contributed by atoms with Crippen molar-refractivity contribution in [3.63, 3.8) is 0 Å². The molecule has 0 amide bonds. The van der Waals surface area contributed by atoms with Crippen molar-refractivity contribution in [2.75, 3.05) is 0 Å². The highest BCUT2D eigenvalue weighted by atomic mass is 16.3. The number of rotatable bonds is 5. The highest BCUT2D eigenvalue weighted by Crippen LogP contribution is 2.42. The third-order valence-corrected chi connectivity index (χ3v) is 10.4. The molecule has 3 heterocycles. The molecular weight excluding hydrogens is 661 g/mol. The Kier molecular flexibility index (Phi) is 6.79. The maximum Gasteiger partial charge on any atom is 0.164 e. The van der Waals surface area contributed by atoms with E-state index in [2.05, 4.69) is 126 Å². The first kappa shape index (κ1) is 30.3. The van der Waals surface area contributed by atoms with Crippen LogP contribution in [0.1, 0.15) is 0 Å². The van der Waals surface area contributed by atoms with Gasteiger partial charge in [0.25, 0.3) is 0 Å². The summed E-state index contributed by atoms with van der Waals surface area (Å²) in [7, 11) is 0. The third-order valence-electron chi connectivity index (χ3n) is 10.4. The van der Waals surface area contributed by atoms with Crippen LogP contribution in [0.5, 0.6) is 0 Å². The second kappa shape index (κ2) is 12.1. The molecule has 0 aliphatic carbocycles. The molecule has 252 valence electrons. The second-order valence-electron chi connectivity index (χ2n) is 13.6. The lowest BCUT2D eigenvalue weighted by Crippen LogP contribution is -2.00. The van der Waals surface area contributed by atoms with Gasteiger partial charge in [0.2, 0.25) is 0 Å². The van der Waals surface area contributed by atoms with Gasteiger partial charge in [0.1, 0.15) is 11.2 Å². The molecule has 0 atom stereocenters. The molecule has 0 N–H and O–H groups in total. The van der Waals surface area contributed by atoms with E-state index >= 15 is 0 Å². The Morgan fingerprint density at radius 3 is 1.74 bits per heavy atom. The SMILES string of the molecule is c1ccc(-c2nc(-c3ccccc3)nc(-c3ccc4c(c3)oc3cccc(-c5ccc6c(c5)c5c7ccccc7ccc5n6-c5ccccc5)c34)n2)cc1.